The lowest BCUT2D eigenvalue weighted by Crippen LogP contribution is -2.60. The van der Waals surface area contributed by atoms with Crippen LogP contribution in [0.2, 0.25) is 5.02 Å². The Morgan fingerprint density at radius 1 is 0.902 bits per heavy atom. The minimum atomic E-state index is -1.17. The van der Waals surface area contributed by atoms with Crippen molar-refractivity contribution in [1.82, 2.24) is 30.3 Å². The van der Waals surface area contributed by atoms with Gasteiger partial charge in [-0.3, -0.25) is 24.2 Å². The van der Waals surface area contributed by atoms with Crippen LogP contribution in [0.5, 0.6) is 11.5 Å². The predicted octanol–water partition coefficient (Wildman–Crippen LogP) is 10.2. The molecule has 0 spiro atoms. The molecule has 442 valence electrons. The van der Waals surface area contributed by atoms with E-state index in [0.717, 1.165) is 102 Å². The second-order valence-electron chi connectivity index (χ2n) is 24.7. The standard InChI is InChI=1S/C65H87ClN8O7S/c1-41(2)81-57-37-54-48(34-56(57)80-9)35-59(77)74(60(54)46-19-21-49(66)22-20-46)52-27-25-50(26-28-52)70(8)38-44-13-23-51(24-14-44)72-32-30-71(31-33-72)29-11-10-12-58(76)69-62(65(5,6)7)64(79)73-39-53(75)36-55(73)63(78)68-42(3)45-15-17-47(18-16-45)61-43(4)67-40-82-61/h15-22,25-28,34,37,40-42,44,51,53,55,60,62,64,75,79H,10-14,23-24,29-33,35-36,38-39H2,1-9H3,(H,68,78)(H,69,76)/t42-,44-,51-,53+,55-,60-,62+,64?/m0/s1. The molecule has 2 saturated heterocycles. The number of anilines is 2. The van der Waals surface area contributed by atoms with E-state index < -0.39 is 29.8 Å². The number of β-amino-alcohol motifs (C(OH)–C–C–N with tert-alkyl or cyclic N) is 1. The van der Waals surface area contributed by atoms with Crippen LogP contribution in [0.4, 0.5) is 11.4 Å². The number of aliphatic hydroxyl groups excluding tert-OH is 2. The van der Waals surface area contributed by atoms with E-state index in [1.54, 1.807) is 23.3 Å². The largest absolute Gasteiger partial charge is 0.493 e. The van der Waals surface area contributed by atoms with Crippen molar-refractivity contribution in [1.29, 1.82) is 0 Å². The highest BCUT2D eigenvalue weighted by Gasteiger charge is 2.45. The molecular weight excluding hydrogens is 1070 g/mol. The number of carbonyl (C=O) groups is 3. The molecule has 1 unspecified atom stereocenters. The molecule has 1 aliphatic carbocycles. The number of benzene rings is 4. The van der Waals surface area contributed by atoms with E-state index in [4.69, 9.17) is 21.1 Å². The minimum absolute atomic E-state index is 0.0148. The molecular formula is C65H87ClN8O7S. The third-order valence-corrected chi connectivity index (χ3v) is 18.6. The number of unbranched alkanes of at least 4 members (excludes halogenated alkanes) is 1. The van der Waals surface area contributed by atoms with Crippen molar-refractivity contribution in [2.75, 3.05) is 69.8 Å². The minimum Gasteiger partial charge on any atom is -0.493 e. The van der Waals surface area contributed by atoms with Gasteiger partial charge in [-0.2, -0.15) is 0 Å². The zero-order valence-electron chi connectivity index (χ0n) is 49.6. The summed E-state index contributed by atoms with van der Waals surface area (Å²) in [4.78, 5) is 58.1. The van der Waals surface area contributed by atoms with Crippen LogP contribution in [0.25, 0.3) is 10.4 Å². The number of hydrogen-bond acceptors (Lipinski definition) is 13. The van der Waals surface area contributed by atoms with Gasteiger partial charge in [0.1, 0.15) is 6.23 Å². The normalized spacial score (nSPS) is 22.1. The summed E-state index contributed by atoms with van der Waals surface area (Å²) in [6, 6.07) is 26.8. The average Bonchev–Trinajstić information content (AvgIpc) is 4.17. The number of hydrogen-bond donors (Lipinski definition) is 4. The number of thiazole rings is 1. The van der Waals surface area contributed by atoms with Gasteiger partial charge >= 0.3 is 0 Å². The first-order valence-corrected chi connectivity index (χ1v) is 30.9. The molecule has 1 saturated carbocycles. The molecule has 0 bridgehead atoms. The van der Waals surface area contributed by atoms with Gasteiger partial charge in [-0.1, -0.05) is 68.8 Å². The number of methoxy groups -OCH3 is 1. The maximum atomic E-state index is 14.1. The summed E-state index contributed by atoms with van der Waals surface area (Å²) < 4.78 is 11.9. The zero-order chi connectivity index (χ0) is 58.4. The van der Waals surface area contributed by atoms with Crippen molar-refractivity contribution in [3.8, 4) is 21.9 Å². The van der Waals surface area contributed by atoms with Crippen molar-refractivity contribution < 1.29 is 34.1 Å². The van der Waals surface area contributed by atoms with Gasteiger partial charge in [0.15, 0.2) is 11.5 Å². The van der Waals surface area contributed by atoms with E-state index in [0.29, 0.717) is 34.9 Å². The highest BCUT2D eigenvalue weighted by molar-refractivity contribution is 7.13. The van der Waals surface area contributed by atoms with Gasteiger partial charge in [-0.25, -0.2) is 4.98 Å². The highest BCUT2D eigenvalue weighted by atomic mass is 35.5. The summed E-state index contributed by atoms with van der Waals surface area (Å²) in [6.45, 7) is 20.1. The highest BCUT2D eigenvalue weighted by Crippen LogP contribution is 2.44. The molecule has 3 fully saturated rings. The Labute approximate surface area is 495 Å². The Bertz CT molecular complexity index is 2940. The fourth-order valence-corrected chi connectivity index (χ4v) is 13.8. The van der Waals surface area contributed by atoms with E-state index in [9.17, 15) is 24.6 Å². The topological polar surface area (TPSA) is 163 Å². The van der Waals surface area contributed by atoms with Crippen LogP contribution in [-0.2, 0) is 20.8 Å². The van der Waals surface area contributed by atoms with Crippen LogP contribution in [0, 0.1) is 18.3 Å². The number of amides is 3. The Hall–Kier alpha value is -5.59. The lowest BCUT2D eigenvalue weighted by atomic mass is 9.84. The van der Waals surface area contributed by atoms with Crippen molar-refractivity contribution in [2.45, 2.75) is 155 Å². The van der Waals surface area contributed by atoms with Crippen LogP contribution in [0.1, 0.15) is 133 Å². The van der Waals surface area contributed by atoms with Crippen LogP contribution in [0.15, 0.2) is 90.4 Å². The number of likely N-dealkylation sites (tertiary alicyclic amines) is 1. The van der Waals surface area contributed by atoms with E-state index in [1.165, 1.54) is 25.7 Å². The van der Waals surface area contributed by atoms with Gasteiger partial charge < -0.3 is 45.0 Å². The van der Waals surface area contributed by atoms with Crippen LogP contribution >= 0.6 is 22.9 Å². The fraction of sp³-hybridized carbons (Fsp3) is 0.538. The van der Waals surface area contributed by atoms with Crippen molar-refractivity contribution in [3.05, 3.63) is 123 Å². The number of ether oxygens (including phenoxy) is 2. The summed E-state index contributed by atoms with van der Waals surface area (Å²) in [5.74, 6) is 1.51. The van der Waals surface area contributed by atoms with Crippen molar-refractivity contribution in [2.24, 2.45) is 11.3 Å². The first-order chi connectivity index (χ1) is 39.2. The molecule has 3 amide bonds. The molecule has 6 atom stereocenters. The van der Waals surface area contributed by atoms with Crippen molar-refractivity contribution >= 4 is 52.0 Å². The van der Waals surface area contributed by atoms with Gasteiger partial charge in [-0.05, 0) is 167 Å². The number of nitrogens with one attached hydrogen (secondary N) is 2. The van der Waals surface area contributed by atoms with Crippen molar-refractivity contribution in [3.63, 3.8) is 0 Å². The third-order valence-electron chi connectivity index (χ3n) is 17.4. The lowest BCUT2D eigenvalue weighted by molar-refractivity contribution is -0.135. The third kappa shape index (κ3) is 14.7. The van der Waals surface area contributed by atoms with Gasteiger partial charge in [0.2, 0.25) is 17.7 Å². The Kier molecular flexibility index (Phi) is 20.1. The van der Waals surface area contributed by atoms with Gasteiger partial charge in [0.25, 0.3) is 0 Å². The summed E-state index contributed by atoms with van der Waals surface area (Å²) in [7, 11) is 3.81. The maximum Gasteiger partial charge on any atom is 0.238 e. The number of aliphatic hydroxyl groups is 2. The lowest BCUT2D eigenvalue weighted by Gasteiger charge is -2.42. The molecule has 1 aromatic heterocycles. The summed E-state index contributed by atoms with van der Waals surface area (Å²) in [5.41, 5.74) is 9.19. The Morgan fingerprint density at radius 2 is 1.60 bits per heavy atom. The van der Waals surface area contributed by atoms with Gasteiger partial charge in [0, 0.05) is 75.2 Å². The summed E-state index contributed by atoms with van der Waals surface area (Å²) in [6.07, 6.45) is 5.23. The molecule has 82 heavy (non-hydrogen) atoms. The summed E-state index contributed by atoms with van der Waals surface area (Å²) >= 11 is 7.96. The SMILES string of the molecule is COc1cc2c(cc1OC(C)C)[C@H](c1ccc(Cl)cc1)N(c1ccc(N(C)C[C@H]3CC[C@H](N4CCN(CCCCC(=O)N[C@H](C(O)N5C[C@H](O)C[C@H]5C(=O)N[C@@H](C)c5ccc(-c6scnc6C)cc5)C(C)(C)C)CC4)CC3)cc1)C(=O)C2. The monoisotopic (exact) mass is 1160 g/mol. The van der Waals surface area contributed by atoms with E-state index in [2.05, 4.69) is 61.6 Å². The smallest absolute Gasteiger partial charge is 0.238 e. The Balaban J connectivity index is 0.699. The number of halogens is 1. The molecule has 4 aliphatic rings. The number of rotatable bonds is 21. The molecule has 4 heterocycles. The molecule has 4 aromatic carbocycles. The molecule has 4 N–H and O–H groups in total. The first-order valence-electron chi connectivity index (χ1n) is 29.7. The molecule has 5 aromatic rings. The average molecular weight is 1160 g/mol. The quantitative estimate of drug-likeness (QED) is 0.0515. The molecule has 0 radical (unpaired) electrons. The predicted molar refractivity (Wildman–Crippen MR) is 328 cm³/mol. The zero-order valence-corrected chi connectivity index (χ0v) is 51.1. The second-order valence-corrected chi connectivity index (χ2v) is 26.0. The Morgan fingerprint density at radius 3 is 2.23 bits per heavy atom. The molecule has 17 heteroatoms. The van der Waals surface area contributed by atoms with Crippen LogP contribution < -0.4 is 29.9 Å². The molecule has 15 nitrogen and oxygen atoms in total. The molecule has 9 rings (SSSR count). The van der Waals surface area contributed by atoms with E-state index in [-0.39, 0.29) is 55.3 Å². The van der Waals surface area contributed by atoms with E-state index in [1.807, 2.05) is 120 Å². The maximum absolute atomic E-state index is 14.1. The molecule has 3 aliphatic heterocycles. The number of aromatic nitrogens is 1. The second kappa shape index (κ2) is 27.0. The summed E-state index contributed by atoms with van der Waals surface area (Å²) in [5, 5.41) is 29.6. The number of piperazine rings is 1. The number of carbonyl (C=O) groups excluding carboxylic acids is 3. The van der Waals surface area contributed by atoms with E-state index >= 15 is 0 Å². The first kappa shape index (κ1) is 61.0. The van der Waals surface area contributed by atoms with Gasteiger partial charge in [0.05, 0.1) is 66.0 Å². The number of fused-ring (bicyclic) bond motifs is 1. The number of aryl methyl sites for hydroxylation is 1. The van der Waals surface area contributed by atoms with Crippen LogP contribution in [-0.4, -0.2) is 144 Å². The van der Waals surface area contributed by atoms with Crippen LogP contribution in [0.3, 0.4) is 0 Å². The van der Waals surface area contributed by atoms with Gasteiger partial charge in [-0.15, -0.1) is 11.3 Å². The number of nitrogens with zero attached hydrogens (tertiary/aromatic N) is 6. The fourth-order valence-electron chi connectivity index (χ4n) is 12.8.